The van der Waals surface area contributed by atoms with Crippen LogP contribution in [0.1, 0.15) is 44.1 Å². The highest BCUT2D eigenvalue weighted by molar-refractivity contribution is 5.98. The van der Waals surface area contributed by atoms with Crippen LogP contribution in [0.4, 0.5) is 23.2 Å². The zero-order chi connectivity index (χ0) is 22.2. The molecule has 2 aliphatic heterocycles. The van der Waals surface area contributed by atoms with E-state index in [4.69, 9.17) is 0 Å². The van der Waals surface area contributed by atoms with Crippen molar-refractivity contribution in [1.29, 1.82) is 0 Å². The third-order valence-corrected chi connectivity index (χ3v) is 6.95. The number of likely N-dealkylation sites (tertiary alicyclic amines) is 1. The van der Waals surface area contributed by atoms with Gasteiger partial charge in [0, 0.05) is 52.1 Å². The normalized spacial score (nSPS) is 22.6. The van der Waals surface area contributed by atoms with Crippen LogP contribution in [0.3, 0.4) is 0 Å². The Bertz CT molecular complexity index is 824. The van der Waals surface area contributed by atoms with E-state index in [-0.39, 0.29) is 22.9 Å². The number of carbonyl (C=O) groups excluding carboxylic acids is 2. The van der Waals surface area contributed by atoms with Gasteiger partial charge in [-0.05, 0) is 36.5 Å². The van der Waals surface area contributed by atoms with E-state index in [2.05, 4.69) is 4.90 Å². The Morgan fingerprint density at radius 2 is 1.52 bits per heavy atom. The first-order chi connectivity index (χ1) is 14.7. The van der Waals surface area contributed by atoms with Gasteiger partial charge in [0.2, 0.25) is 11.8 Å². The number of carbonyl (C=O) groups is 2. The zero-order valence-electron chi connectivity index (χ0n) is 17.4. The number of piperazine rings is 1. The van der Waals surface area contributed by atoms with Gasteiger partial charge in [-0.2, -0.15) is 13.2 Å². The number of alkyl halides is 3. The molecule has 4 rings (SSSR count). The molecule has 9 heteroatoms. The fourth-order valence-electron chi connectivity index (χ4n) is 5.15. The number of rotatable bonds is 4. The number of imide groups is 1. The molecule has 2 amide bonds. The quantitative estimate of drug-likeness (QED) is 0.528. The molecule has 31 heavy (non-hydrogen) atoms. The van der Waals surface area contributed by atoms with E-state index >= 15 is 0 Å². The molecule has 0 bridgehead atoms. The second-order valence-electron chi connectivity index (χ2n) is 8.99. The van der Waals surface area contributed by atoms with Gasteiger partial charge in [0.05, 0.1) is 11.3 Å². The first kappa shape index (κ1) is 22.0. The predicted octanol–water partition coefficient (Wildman–Crippen LogP) is 3.68. The summed E-state index contributed by atoms with van der Waals surface area (Å²) in [5.74, 6) is -0.863. The first-order valence-corrected chi connectivity index (χ1v) is 10.8. The fraction of sp³-hybridized carbons (Fsp3) is 0.636. The number of benzene rings is 1. The first-order valence-electron chi connectivity index (χ1n) is 10.8. The minimum atomic E-state index is -4.52. The molecule has 1 saturated carbocycles. The lowest BCUT2D eigenvalue weighted by atomic mass is 9.76. The van der Waals surface area contributed by atoms with Crippen molar-refractivity contribution in [1.82, 2.24) is 9.80 Å². The van der Waals surface area contributed by atoms with Crippen molar-refractivity contribution in [3.8, 4) is 0 Å². The minimum absolute atomic E-state index is 0.0438. The van der Waals surface area contributed by atoms with Crippen molar-refractivity contribution in [3.05, 3.63) is 29.6 Å². The van der Waals surface area contributed by atoms with E-state index in [0.29, 0.717) is 52.1 Å². The van der Waals surface area contributed by atoms with Crippen LogP contribution in [0.2, 0.25) is 0 Å². The van der Waals surface area contributed by atoms with E-state index in [1.165, 1.54) is 4.90 Å². The molecule has 1 aliphatic carbocycles. The molecule has 2 heterocycles. The van der Waals surface area contributed by atoms with Crippen molar-refractivity contribution in [2.45, 2.75) is 44.7 Å². The molecule has 3 aliphatic rings. The molecule has 0 atom stereocenters. The Labute approximate surface area is 179 Å². The zero-order valence-corrected chi connectivity index (χ0v) is 17.4. The third kappa shape index (κ3) is 4.71. The summed E-state index contributed by atoms with van der Waals surface area (Å²) in [6, 6.07) is 2.46. The summed E-state index contributed by atoms with van der Waals surface area (Å²) >= 11 is 0. The average molecular weight is 441 g/mol. The second kappa shape index (κ2) is 8.41. The summed E-state index contributed by atoms with van der Waals surface area (Å²) in [4.78, 5) is 30.2. The van der Waals surface area contributed by atoms with Crippen LogP contribution in [0.25, 0.3) is 0 Å². The third-order valence-electron chi connectivity index (χ3n) is 6.95. The highest BCUT2D eigenvalue weighted by atomic mass is 19.4. The molecule has 0 aromatic heterocycles. The Morgan fingerprint density at radius 3 is 2.10 bits per heavy atom. The van der Waals surface area contributed by atoms with Crippen molar-refractivity contribution in [2.75, 3.05) is 44.2 Å². The highest BCUT2D eigenvalue weighted by Gasteiger charge is 2.45. The monoisotopic (exact) mass is 441 g/mol. The van der Waals surface area contributed by atoms with Crippen LogP contribution in [-0.4, -0.2) is 60.9 Å². The second-order valence-corrected chi connectivity index (χ2v) is 8.99. The predicted molar refractivity (Wildman–Crippen MR) is 107 cm³/mol. The molecule has 2 saturated heterocycles. The Kier molecular flexibility index (Phi) is 5.98. The van der Waals surface area contributed by atoms with E-state index in [1.54, 1.807) is 4.90 Å². The molecule has 5 nitrogen and oxygen atoms in total. The molecule has 1 spiro atoms. The Balaban J connectivity index is 1.30. The summed E-state index contributed by atoms with van der Waals surface area (Å²) in [5, 5.41) is 0. The molecule has 0 radical (unpaired) electrons. The van der Waals surface area contributed by atoms with Gasteiger partial charge in [-0.15, -0.1) is 0 Å². The summed E-state index contributed by atoms with van der Waals surface area (Å²) < 4.78 is 53.0. The maximum absolute atomic E-state index is 14.1. The number of hydrogen-bond donors (Lipinski definition) is 0. The summed E-state index contributed by atoms with van der Waals surface area (Å²) in [6.07, 6.45) is 0.435. The minimum Gasteiger partial charge on any atom is -0.367 e. The van der Waals surface area contributed by atoms with Crippen LogP contribution in [0, 0.1) is 11.2 Å². The van der Waals surface area contributed by atoms with E-state index < -0.39 is 17.6 Å². The Morgan fingerprint density at radius 1 is 0.903 bits per heavy atom. The lowest BCUT2D eigenvalue weighted by molar-refractivity contribution is -0.153. The van der Waals surface area contributed by atoms with Gasteiger partial charge in [0.15, 0.2) is 0 Å². The number of amides is 2. The lowest BCUT2D eigenvalue weighted by Gasteiger charge is -2.39. The number of piperidine rings is 1. The van der Waals surface area contributed by atoms with Crippen LogP contribution in [-0.2, 0) is 15.8 Å². The maximum atomic E-state index is 14.1. The molecular formula is C22H27F4N3O2. The molecular weight excluding hydrogens is 414 g/mol. The van der Waals surface area contributed by atoms with Crippen LogP contribution in [0.15, 0.2) is 18.2 Å². The number of nitrogens with zero attached hydrogens (tertiary/aromatic N) is 3. The van der Waals surface area contributed by atoms with Crippen molar-refractivity contribution < 1.29 is 27.2 Å². The van der Waals surface area contributed by atoms with Crippen LogP contribution >= 0.6 is 0 Å². The molecule has 1 aromatic rings. The standard InChI is InChI=1S/C22H27F4N3O2/c23-17-4-3-16(22(24,25)26)13-18(17)28-10-7-27(8-11-28)9-12-29-19(30)14-21(15-20(29)31)5-1-2-6-21/h3-4,13H,1-2,5-12,14-15H2. The van der Waals surface area contributed by atoms with Gasteiger partial charge in [-0.25, -0.2) is 4.39 Å². The number of halogens is 4. The molecule has 3 fully saturated rings. The van der Waals surface area contributed by atoms with Gasteiger partial charge < -0.3 is 4.90 Å². The van der Waals surface area contributed by atoms with Crippen LogP contribution in [0.5, 0.6) is 0 Å². The number of anilines is 1. The maximum Gasteiger partial charge on any atom is 0.416 e. The summed E-state index contributed by atoms with van der Waals surface area (Å²) in [6.45, 7) is 2.65. The highest BCUT2D eigenvalue weighted by Crippen LogP contribution is 2.46. The van der Waals surface area contributed by atoms with Crippen LogP contribution < -0.4 is 4.90 Å². The fourth-order valence-corrected chi connectivity index (χ4v) is 5.15. The molecule has 1 aromatic carbocycles. The van der Waals surface area contributed by atoms with Gasteiger partial charge in [0.25, 0.3) is 0 Å². The van der Waals surface area contributed by atoms with E-state index in [1.807, 2.05) is 0 Å². The van der Waals surface area contributed by atoms with E-state index in [9.17, 15) is 27.2 Å². The van der Waals surface area contributed by atoms with Crippen molar-refractivity contribution >= 4 is 17.5 Å². The largest absolute Gasteiger partial charge is 0.416 e. The van der Waals surface area contributed by atoms with Gasteiger partial charge in [-0.3, -0.25) is 19.4 Å². The summed E-state index contributed by atoms with van der Waals surface area (Å²) in [5.41, 5.74) is -1.03. The van der Waals surface area contributed by atoms with Gasteiger partial charge in [0.1, 0.15) is 5.82 Å². The van der Waals surface area contributed by atoms with Crippen molar-refractivity contribution in [3.63, 3.8) is 0 Å². The van der Waals surface area contributed by atoms with Gasteiger partial charge in [-0.1, -0.05) is 12.8 Å². The Hall–Kier alpha value is -2.16. The molecule has 170 valence electrons. The molecule has 0 unspecified atom stereocenters. The van der Waals surface area contributed by atoms with E-state index in [0.717, 1.165) is 43.9 Å². The summed E-state index contributed by atoms with van der Waals surface area (Å²) in [7, 11) is 0. The van der Waals surface area contributed by atoms with Crippen molar-refractivity contribution in [2.24, 2.45) is 5.41 Å². The topological polar surface area (TPSA) is 43.9 Å². The van der Waals surface area contributed by atoms with Gasteiger partial charge >= 0.3 is 6.18 Å². The number of hydrogen-bond acceptors (Lipinski definition) is 4. The lowest BCUT2D eigenvalue weighted by Crippen LogP contribution is -2.52. The molecule has 0 N–H and O–H groups in total. The SMILES string of the molecule is O=C1CC2(CCCC2)CC(=O)N1CCN1CCN(c2cc(C(F)(F)F)ccc2F)CC1. The average Bonchev–Trinajstić information content (AvgIpc) is 3.14. The smallest absolute Gasteiger partial charge is 0.367 e.